The number of carboxylic acids is 1. The van der Waals surface area contributed by atoms with E-state index in [2.05, 4.69) is 10.3 Å². The molecule has 2 rings (SSSR count). The van der Waals surface area contributed by atoms with Crippen LogP contribution in [0.25, 0.3) is 10.6 Å². The van der Waals surface area contributed by atoms with E-state index in [4.69, 9.17) is 14.6 Å². The quantitative estimate of drug-likeness (QED) is 0.651. The fraction of sp³-hybridized carbons (Fsp3) is 0.389. The number of rotatable bonds is 9. The summed E-state index contributed by atoms with van der Waals surface area (Å²) in [4.78, 5) is 27.8. The number of ether oxygens (including phenoxy) is 2. The van der Waals surface area contributed by atoms with E-state index in [0.29, 0.717) is 41.5 Å². The standard InChI is InChI=1S/C18H22N2O5S/c1-11-16(17(23)19-9-5-4-6-15(21)22)26-18(20-11)12-7-8-13(24-2)14(10-12)25-3/h7-8,10H,4-6,9H2,1-3H3,(H,19,23)(H,21,22). The first-order valence-corrected chi connectivity index (χ1v) is 8.97. The molecule has 7 nitrogen and oxygen atoms in total. The number of aryl methyl sites for hydroxylation is 1. The van der Waals surface area contributed by atoms with Crippen molar-refractivity contribution in [2.24, 2.45) is 0 Å². The highest BCUT2D eigenvalue weighted by molar-refractivity contribution is 7.17. The number of benzene rings is 1. The van der Waals surface area contributed by atoms with Crippen molar-refractivity contribution < 1.29 is 24.2 Å². The molecular formula is C18H22N2O5S. The van der Waals surface area contributed by atoms with Crippen LogP contribution in [0.3, 0.4) is 0 Å². The van der Waals surface area contributed by atoms with Gasteiger partial charge < -0.3 is 19.9 Å². The first kappa shape index (κ1) is 19.7. The van der Waals surface area contributed by atoms with E-state index >= 15 is 0 Å². The van der Waals surface area contributed by atoms with Gasteiger partial charge in [0.2, 0.25) is 0 Å². The third-order valence-electron chi connectivity index (χ3n) is 3.74. The molecule has 1 aromatic carbocycles. The van der Waals surface area contributed by atoms with E-state index in [-0.39, 0.29) is 12.3 Å². The van der Waals surface area contributed by atoms with Crippen molar-refractivity contribution in [3.05, 3.63) is 28.8 Å². The molecule has 0 radical (unpaired) electrons. The molecule has 1 heterocycles. The van der Waals surface area contributed by atoms with Crippen LogP contribution in [0.1, 0.15) is 34.6 Å². The maximum absolute atomic E-state index is 12.3. The van der Waals surface area contributed by atoms with E-state index in [1.807, 2.05) is 12.1 Å². The van der Waals surface area contributed by atoms with Crippen LogP contribution in [-0.4, -0.2) is 42.7 Å². The van der Waals surface area contributed by atoms with Crippen LogP contribution in [0.15, 0.2) is 18.2 Å². The fourth-order valence-electron chi connectivity index (χ4n) is 2.38. The van der Waals surface area contributed by atoms with Gasteiger partial charge in [0, 0.05) is 18.5 Å². The topological polar surface area (TPSA) is 97.8 Å². The number of hydrogen-bond acceptors (Lipinski definition) is 6. The van der Waals surface area contributed by atoms with Gasteiger partial charge in [-0.2, -0.15) is 0 Å². The van der Waals surface area contributed by atoms with Crippen molar-refractivity contribution in [2.75, 3.05) is 20.8 Å². The first-order chi connectivity index (χ1) is 12.5. The van der Waals surface area contributed by atoms with Crippen molar-refractivity contribution in [1.82, 2.24) is 10.3 Å². The van der Waals surface area contributed by atoms with Gasteiger partial charge in [-0.1, -0.05) is 0 Å². The first-order valence-electron chi connectivity index (χ1n) is 8.16. The van der Waals surface area contributed by atoms with E-state index in [1.54, 1.807) is 27.2 Å². The number of carboxylic acid groups (broad SMARTS) is 1. The zero-order valence-electron chi connectivity index (χ0n) is 15.0. The van der Waals surface area contributed by atoms with Crippen molar-refractivity contribution in [3.8, 4) is 22.1 Å². The van der Waals surface area contributed by atoms with Gasteiger partial charge in [-0.3, -0.25) is 9.59 Å². The van der Waals surface area contributed by atoms with Gasteiger partial charge in [-0.05, 0) is 38.0 Å². The Labute approximate surface area is 156 Å². The molecule has 2 N–H and O–H groups in total. The molecular weight excluding hydrogens is 356 g/mol. The average molecular weight is 378 g/mol. The molecule has 0 fully saturated rings. The number of methoxy groups -OCH3 is 2. The number of amides is 1. The molecule has 0 aliphatic heterocycles. The van der Waals surface area contributed by atoms with Gasteiger partial charge in [0.05, 0.1) is 19.9 Å². The van der Waals surface area contributed by atoms with Gasteiger partial charge in [-0.15, -0.1) is 11.3 Å². The molecule has 1 amide bonds. The summed E-state index contributed by atoms with van der Waals surface area (Å²) in [6.07, 6.45) is 1.27. The van der Waals surface area contributed by atoms with Gasteiger partial charge in [-0.25, -0.2) is 4.98 Å². The van der Waals surface area contributed by atoms with Crippen molar-refractivity contribution >= 4 is 23.2 Å². The van der Waals surface area contributed by atoms with Gasteiger partial charge in [0.15, 0.2) is 11.5 Å². The van der Waals surface area contributed by atoms with E-state index < -0.39 is 5.97 Å². The summed E-state index contributed by atoms with van der Waals surface area (Å²) in [5, 5.41) is 12.1. The molecule has 0 unspecified atom stereocenters. The average Bonchev–Trinajstić information content (AvgIpc) is 3.02. The highest BCUT2D eigenvalue weighted by Crippen LogP contribution is 2.34. The summed E-state index contributed by atoms with van der Waals surface area (Å²) in [7, 11) is 3.14. The number of thiazole rings is 1. The number of nitrogens with zero attached hydrogens (tertiary/aromatic N) is 1. The van der Waals surface area contributed by atoms with Gasteiger partial charge in [0.25, 0.3) is 5.91 Å². The van der Waals surface area contributed by atoms with Crippen LogP contribution in [0.2, 0.25) is 0 Å². The molecule has 8 heteroatoms. The number of aliphatic carboxylic acids is 1. The smallest absolute Gasteiger partial charge is 0.303 e. The Balaban J connectivity index is 2.06. The lowest BCUT2D eigenvalue weighted by atomic mass is 10.2. The maximum atomic E-state index is 12.3. The largest absolute Gasteiger partial charge is 0.493 e. The van der Waals surface area contributed by atoms with E-state index in [9.17, 15) is 9.59 Å². The van der Waals surface area contributed by atoms with E-state index in [0.717, 1.165) is 10.6 Å². The minimum atomic E-state index is -0.825. The second-order valence-electron chi connectivity index (χ2n) is 5.61. The number of carbonyl (C=O) groups is 2. The summed E-state index contributed by atoms with van der Waals surface area (Å²) in [5.74, 6) is 0.211. The molecule has 0 bridgehead atoms. The normalized spacial score (nSPS) is 10.4. The predicted octanol–water partition coefficient (Wildman–Crippen LogP) is 3.12. The molecule has 0 aliphatic rings. The van der Waals surface area contributed by atoms with Crippen LogP contribution >= 0.6 is 11.3 Å². The SMILES string of the molecule is COc1ccc(-c2nc(C)c(C(=O)NCCCCC(=O)O)s2)cc1OC. The third-order valence-corrected chi connectivity index (χ3v) is 4.94. The number of hydrogen-bond donors (Lipinski definition) is 2. The number of aromatic nitrogens is 1. The Morgan fingerprint density at radius 3 is 2.58 bits per heavy atom. The molecule has 0 aliphatic carbocycles. The Bertz CT molecular complexity index is 788. The molecule has 0 atom stereocenters. The minimum Gasteiger partial charge on any atom is -0.493 e. The molecule has 0 saturated heterocycles. The molecule has 2 aromatic rings. The van der Waals surface area contributed by atoms with Crippen molar-refractivity contribution in [3.63, 3.8) is 0 Å². The van der Waals surface area contributed by atoms with Crippen molar-refractivity contribution in [2.45, 2.75) is 26.2 Å². The number of carbonyl (C=O) groups excluding carboxylic acids is 1. The Hall–Kier alpha value is -2.61. The Kier molecular flexibility index (Phi) is 6.97. The lowest BCUT2D eigenvalue weighted by Gasteiger charge is -2.08. The molecule has 1 aromatic heterocycles. The van der Waals surface area contributed by atoms with Crippen LogP contribution < -0.4 is 14.8 Å². The van der Waals surface area contributed by atoms with Crippen LogP contribution in [0.4, 0.5) is 0 Å². The summed E-state index contributed by atoms with van der Waals surface area (Å²) in [6.45, 7) is 2.23. The lowest BCUT2D eigenvalue weighted by molar-refractivity contribution is -0.137. The summed E-state index contributed by atoms with van der Waals surface area (Å²) in [5.41, 5.74) is 1.50. The van der Waals surface area contributed by atoms with Crippen molar-refractivity contribution in [1.29, 1.82) is 0 Å². The predicted molar refractivity (Wildman–Crippen MR) is 99.2 cm³/mol. The Morgan fingerprint density at radius 2 is 1.92 bits per heavy atom. The van der Waals surface area contributed by atoms with E-state index in [1.165, 1.54) is 11.3 Å². The zero-order valence-corrected chi connectivity index (χ0v) is 15.8. The summed E-state index contributed by atoms with van der Waals surface area (Å²) < 4.78 is 10.5. The van der Waals surface area contributed by atoms with Crippen LogP contribution in [0, 0.1) is 6.92 Å². The molecule has 0 saturated carbocycles. The Morgan fingerprint density at radius 1 is 1.19 bits per heavy atom. The lowest BCUT2D eigenvalue weighted by Crippen LogP contribution is -2.24. The van der Waals surface area contributed by atoms with Gasteiger partial charge >= 0.3 is 5.97 Å². The number of nitrogens with one attached hydrogen (secondary N) is 1. The second-order valence-corrected chi connectivity index (χ2v) is 6.61. The molecule has 26 heavy (non-hydrogen) atoms. The summed E-state index contributed by atoms with van der Waals surface area (Å²) >= 11 is 1.31. The zero-order chi connectivity index (χ0) is 19.1. The fourth-order valence-corrected chi connectivity index (χ4v) is 3.36. The third kappa shape index (κ3) is 4.95. The monoisotopic (exact) mass is 378 g/mol. The highest BCUT2D eigenvalue weighted by atomic mass is 32.1. The minimum absolute atomic E-state index is 0.110. The molecule has 140 valence electrons. The number of unbranched alkanes of at least 4 members (excludes halogenated alkanes) is 1. The van der Waals surface area contributed by atoms with Gasteiger partial charge in [0.1, 0.15) is 9.88 Å². The van der Waals surface area contributed by atoms with Crippen LogP contribution in [-0.2, 0) is 4.79 Å². The summed E-state index contributed by atoms with van der Waals surface area (Å²) in [6, 6.07) is 5.49. The second kappa shape index (κ2) is 9.19. The molecule has 0 spiro atoms. The maximum Gasteiger partial charge on any atom is 0.303 e. The highest BCUT2D eigenvalue weighted by Gasteiger charge is 2.17. The van der Waals surface area contributed by atoms with Crippen LogP contribution in [0.5, 0.6) is 11.5 Å².